The second-order valence-electron chi connectivity index (χ2n) is 3.91. The van der Waals surface area contributed by atoms with Crippen LogP contribution in [-0.4, -0.2) is 39.8 Å². The van der Waals surface area contributed by atoms with Crippen LogP contribution in [0.2, 0.25) is 0 Å². The summed E-state index contributed by atoms with van der Waals surface area (Å²) in [5.41, 5.74) is 1.05. The summed E-state index contributed by atoms with van der Waals surface area (Å²) >= 11 is 0. The number of ether oxygens (including phenoxy) is 1. The van der Waals surface area contributed by atoms with E-state index in [0.29, 0.717) is 12.6 Å². The zero-order valence-corrected chi connectivity index (χ0v) is 10.6. The maximum atomic E-state index is 4.96. The van der Waals surface area contributed by atoms with Crippen LogP contribution in [-0.2, 0) is 11.3 Å². The largest absolute Gasteiger partial charge is 0.383 e. The molecule has 0 atom stereocenters. The summed E-state index contributed by atoms with van der Waals surface area (Å²) in [5.74, 6) is 1.52. The molecule has 1 N–H and O–H groups in total. The van der Waals surface area contributed by atoms with Gasteiger partial charge in [-0.25, -0.2) is 15.0 Å². The molecule has 0 aromatic carbocycles. The van der Waals surface area contributed by atoms with Crippen molar-refractivity contribution in [1.82, 2.24) is 24.8 Å². The first-order valence-electron chi connectivity index (χ1n) is 5.82. The Hall–Kier alpha value is -1.79. The SMILES string of the molecule is COCCNCc1cnc(-n2ccnc2C)nc1. The lowest BCUT2D eigenvalue weighted by molar-refractivity contribution is 0.199. The average molecular weight is 247 g/mol. The molecule has 0 saturated heterocycles. The Morgan fingerprint density at radius 3 is 2.67 bits per heavy atom. The molecule has 0 saturated carbocycles. The number of aryl methyl sites for hydroxylation is 1. The Kier molecular flexibility index (Phi) is 4.38. The Labute approximate surface area is 106 Å². The van der Waals surface area contributed by atoms with Gasteiger partial charge in [-0.1, -0.05) is 0 Å². The zero-order chi connectivity index (χ0) is 12.8. The number of methoxy groups -OCH3 is 1. The second kappa shape index (κ2) is 6.23. The Balaban J connectivity index is 1.96. The molecule has 0 spiro atoms. The van der Waals surface area contributed by atoms with Gasteiger partial charge in [0.05, 0.1) is 6.61 Å². The highest BCUT2D eigenvalue weighted by atomic mass is 16.5. The van der Waals surface area contributed by atoms with Gasteiger partial charge >= 0.3 is 0 Å². The summed E-state index contributed by atoms with van der Waals surface area (Å²) in [5, 5.41) is 3.24. The number of nitrogens with one attached hydrogen (secondary N) is 1. The van der Waals surface area contributed by atoms with Crippen LogP contribution in [0.4, 0.5) is 0 Å². The standard InChI is InChI=1S/C12H17N5O/c1-10-14-3-5-17(10)12-15-8-11(9-16-12)7-13-4-6-18-2/h3,5,8-9,13H,4,6-7H2,1-2H3. The maximum Gasteiger partial charge on any atom is 0.235 e. The molecule has 2 aromatic rings. The van der Waals surface area contributed by atoms with Gasteiger partial charge in [-0.2, -0.15) is 0 Å². The van der Waals surface area contributed by atoms with E-state index in [-0.39, 0.29) is 0 Å². The minimum Gasteiger partial charge on any atom is -0.383 e. The topological polar surface area (TPSA) is 64.9 Å². The smallest absolute Gasteiger partial charge is 0.235 e. The van der Waals surface area contributed by atoms with Crippen molar-refractivity contribution in [1.29, 1.82) is 0 Å². The van der Waals surface area contributed by atoms with Crippen LogP contribution >= 0.6 is 0 Å². The molecule has 0 unspecified atom stereocenters. The fourth-order valence-electron chi connectivity index (χ4n) is 1.56. The highest BCUT2D eigenvalue weighted by Crippen LogP contribution is 2.04. The number of hydrogen-bond acceptors (Lipinski definition) is 5. The molecule has 0 fully saturated rings. The first-order chi connectivity index (χ1) is 8.81. The van der Waals surface area contributed by atoms with Crippen molar-refractivity contribution in [2.75, 3.05) is 20.3 Å². The van der Waals surface area contributed by atoms with Crippen LogP contribution < -0.4 is 5.32 Å². The number of nitrogens with zero attached hydrogens (tertiary/aromatic N) is 4. The van der Waals surface area contributed by atoms with Gasteiger partial charge in [0.1, 0.15) is 5.82 Å². The van der Waals surface area contributed by atoms with E-state index in [9.17, 15) is 0 Å². The van der Waals surface area contributed by atoms with E-state index in [1.54, 1.807) is 13.3 Å². The molecule has 2 rings (SSSR count). The van der Waals surface area contributed by atoms with E-state index in [1.165, 1.54) is 0 Å². The monoisotopic (exact) mass is 247 g/mol. The van der Waals surface area contributed by atoms with E-state index < -0.39 is 0 Å². The molecule has 96 valence electrons. The predicted octanol–water partition coefficient (Wildman–Crippen LogP) is 0.707. The van der Waals surface area contributed by atoms with E-state index in [0.717, 1.165) is 24.5 Å². The molecule has 0 bridgehead atoms. The molecule has 6 heteroatoms. The van der Waals surface area contributed by atoms with Crippen LogP contribution in [0.25, 0.3) is 5.95 Å². The number of aromatic nitrogens is 4. The highest BCUT2D eigenvalue weighted by molar-refractivity contribution is 5.17. The van der Waals surface area contributed by atoms with Gasteiger partial charge in [-0.05, 0) is 6.92 Å². The molecule has 0 amide bonds. The van der Waals surface area contributed by atoms with Crippen LogP contribution in [0.15, 0.2) is 24.8 Å². The Morgan fingerprint density at radius 1 is 1.28 bits per heavy atom. The van der Waals surface area contributed by atoms with Crippen LogP contribution in [0.5, 0.6) is 0 Å². The van der Waals surface area contributed by atoms with Crippen molar-refractivity contribution in [3.63, 3.8) is 0 Å². The molecular weight excluding hydrogens is 230 g/mol. The highest BCUT2D eigenvalue weighted by Gasteiger charge is 2.03. The van der Waals surface area contributed by atoms with Gasteiger partial charge in [0.25, 0.3) is 0 Å². The van der Waals surface area contributed by atoms with Crippen LogP contribution in [0.1, 0.15) is 11.4 Å². The number of hydrogen-bond donors (Lipinski definition) is 1. The van der Waals surface area contributed by atoms with Gasteiger partial charge in [0.2, 0.25) is 5.95 Å². The summed E-state index contributed by atoms with van der Waals surface area (Å²) in [7, 11) is 1.69. The average Bonchev–Trinajstić information content (AvgIpc) is 2.82. The fourth-order valence-corrected chi connectivity index (χ4v) is 1.56. The lowest BCUT2D eigenvalue weighted by Crippen LogP contribution is -2.18. The summed E-state index contributed by atoms with van der Waals surface area (Å²) in [6.45, 7) is 4.18. The third-order valence-corrected chi connectivity index (χ3v) is 2.54. The predicted molar refractivity (Wildman–Crippen MR) is 67.5 cm³/mol. The minimum absolute atomic E-state index is 0.644. The number of rotatable bonds is 6. The third kappa shape index (κ3) is 3.12. The molecule has 0 radical (unpaired) electrons. The third-order valence-electron chi connectivity index (χ3n) is 2.54. The molecule has 0 aliphatic carbocycles. The molecule has 6 nitrogen and oxygen atoms in total. The Bertz CT molecular complexity index is 479. The fraction of sp³-hybridized carbons (Fsp3) is 0.417. The molecular formula is C12H17N5O. The lowest BCUT2D eigenvalue weighted by atomic mass is 10.3. The van der Waals surface area contributed by atoms with E-state index >= 15 is 0 Å². The van der Waals surface area contributed by atoms with Crippen molar-refractivity contribution < 1.29 is 4.74 Å². The molecule has 18 heavy (non-hydrogen) atoms. The van der Waals surface area contributed by atoms with Gasteiger partial charge in [-0.3, -0.25) is 4.57 Å². The van der Waals surface area contributed by atoms with Crippen LogP contribution in [0.3, 0.4) is 0 Å². The molecule has 0 aliphatic heterocycles. The normalized spacial score (nSPS) is 10.8. The van der Waals surface area contributed by atoms with E-state index in [1.807, 2.05) is 30.1 Å². The van der Waals surface area contributed by atoms with Crippen LogP contribution in [0, 0.1) is 6.92 Å². The first-order valence-corrected chi connectivity index (χ1v) is 5.82. The van der Waals surface area contributed by atoms with Crippen molar-refractivity contribution >= 4 is 0 Å². The molecule has 0 aliphatic rings. The quantitative estimate of drug-likeness (QED) is 0.761. The Morgan fingerprint density at radius 2 is 2.06 bits per heavy atom. The van der Waals surface area contributed by atoms with Gasteiger partial charge in [0, 0.05) is 50.6 Å². The molecule has 2 aromatic heterocycles. The van der Waals surface area contributed by atoms with E-state index in [2.05, 4.69) is 20.3 Å². The van der Waals surface area contributed by atoms with Crippen molar-refractivity contribution in [3.8, 4) is 5.95 Å². The van der Waals surface area contributed by atoms with Crippen molar-refractivity contribution in [2.45, 2.75) is 13.5 Å². The van der Waals surface area contributed by atoms with Gasteiger partial charge in [-0.15, -0.1) is 0 Å². The minimum atomic E-state index is 0.644. The maximum absolute atomic E-state index is 4.96. The first kappa shape index (κ1) is 12.7. The zero-order valence-electron chi connectivity index (χ0n) is 10.6. The van der Waals surface area contributed by atoms with Crippen molar-refractivity contribution in [3.05, 3.63) is 36.2 Å². The summed E-state index contributed by atoms with van der Waals surface area (Å²) in [4.78, 5) is 12.8. The van der Waals surface area contributed by atoms with Gasteiger partial charge in [0.15, 0.2) is 0 Å². The molecule has 2 heterocycles. The number of imidazole rings is 1. The van der Waals surface area contributed by atoms with Crippen molar-refractivity contribution in [2.24, 2.45) is 0 Å². The van der Waals surface area contributed by atoms with Gasteiger partial charge < -0.3 is 10.1 Å². The summed E-state index contributed by atoms with van der Waals surface area (Å²) in [6.07, 6.45) is 7.23. The lowest BCUT2D eigenvalue weighted by Gasteiger charge is -2.05. The summed E-state index contributed by atoms with van der Waals surface area (Å²) in [6, 6.07) is 0. The second-order valence-corrected chi connectivity index (χ2v) is 3.91. The summed E-state index contributed by atoms with van der Waals surface area (Å²) < 4.78 is 6.81. The van der Waals surface area contributed by atoms with E-state index in [4.69, 9.17) is 4.74 Å².